The summed E-state index contributed by atoms with van der Waals surface area (Å²) in [6.45, 7) is 6.66. The number of benzene rings is 1. The van der Waals surface area contributed by atoms with Crippen molar-refractivity contribution in [3.63, 3.8) is 0 Å². The first-order chi connectivity index (χ1) is 5.74. The lowest BCUT2D eigenvalue weighted by atomic mass is 9.99. The van der Waals surface area contributed by atoms with Crippen molar-refractivity contribution in [3.8, 4) is 0 Å². The molecule has 0 aromatic heterocycles. The van der Waals surface area contributed by atoms with Gasteiger partial charge in [-0.25, -0.2) is 0 Å². The van der Waals surface area contributed by atoms with Gasteiger partial charge >= 0.3 is 0 Å². The van der Waals surface area contributed by atoms with Crippen molar-refractivity contribution in [1.29, 1.82) is 0 Å². The third kappa shape index (κ3) is 2.37. The van der Waals surface area contributed by atoms with Crippen molar-refractivity contribution in [2.75, 3.05) is 0 Å². The highest BCUT2D eigenvalue weighted by atomic mass is 14.0. The van der Waals surface area contributed by atoms with E-state index in [1.165, 1.54) is 17.5 Å². The van der Waals surface area contributed by atoms with Gasteiger partial charge in [-0.1, -0.05) is 45.4 Å². The van der Waals surface area contributed by atoms with Gasteiger partial charge in [-0.15, -0.1) is 0 Å². The van der Waals surface area contributed by atoms with Crippen molar-refractivity contribution < 1.29 is 0 Å². The van der Waals surface area contributed by atoms with E-state index < -0.39 is 0 Å². The fourth-order valence-corrected chi connectivity index (χ4v) is 1.31. The molecule has 12 heavy (non-hydrogen) atoms. The quantitative estimate of drug-likeness (QED) is 0.636. The summed E-state index contributed by atoms with van der Waals surface area (Å²) in [7, 11) is 0. The van der Waals surface area contributed by atoms with Crippen LogP contribution in [-0.2, 0) is 6.42 Å². The summed E-state index contributed by atoms with van der Waals surface area (Å²) in [6.07, 6.45) is 2.36. The van der Waals surface area contributed by atoms with Gasteiger partial charge in [0, 0.05) is 0 Å². The summed E-state index contributed by atoms with van der Waals surface area (Å²) in [6, 6.07) is 9.74. The SMILES string of the molecule is CCCc1[c]ccc(C(C)C)c1. The lowest BCUT2D eigenvalue weighted by molar-refractivity contribution is 0.853. The molecule has 0 spiro atoms. The molecule has 0 fully saturated rings. The lowest BCUT2D eigenvalue weighted by Gasteiger charge is -2.06. The molecule has 0 nitrogen and oxygen atoms in total. The molecule has 0 saturated carbocycles. The minimum Gasteiger partial charge on any atom is -0.0651 e. The third-order valence-electron chi connectivity index (χ3n) is 2.07. The summed E-state index contributed by atoms with van der Waals surface area (Å²) < 4.78 is 0. The van der Waals surface area contributed by atoms with E-state index in [0.29, 0.717) is 5.92 Å². The van der Waals surface area contributed by atoms with Crippen LogP contribution >= 0.6 is 0 Å². The average Bonchev–Trinajstić information content (AvgIpc) is 2.05. The fraction of sp³-hybridized carbons (Fsp3) is 0.500. The maximum Gasteiger partial charge on any atom is -0.0149 e. The molecule has 1 radical (unpaired) electrons. The Hall–Kier alpha value is -0.780. The first-order valence-electron chi connectivity index (χ1n) is 4.74. The summed E-state index contributed by atoms with van der Waals surface area (Å²) in [5, 5.41) is 0. The monoisotopic (exact) mass is 161 g/mol. The summed E-state index contributed by atoms with van der Waals surface area (Å²) in [5.41, 5.74) is 2.78. The fourth-order valence-electron chi connectivity index (χ4n) is 1.31. The van der Waals surface area contributed by atoms with E-state index in [-0.39, 0.29) is 0 Å². The summed E-state index contributed by atoms with van der Waals surface area (Å²) >= 11 is 0. The molecule has 1 aromatic carbocycles. The van der Waals surface area contributed by atoms with Gasteiger partial charge in [-0.2, -0.15) is 0 Å². The van der Waals surface area contributed by atoms with Crippen molar-refractivity contribution >= 4 is 0 Å². The molecule has 0 aliphatic heterocycles. The van der Waals surface area contributed by atoms with Gasteiger partial charge < -0.3 is 0 Å². The Kier molecular flexibility index (Phi) is 3.33. The van der Waals surface area contributed by atoms with Gasteiger partial charge in [0.2, 0.25) is 0 Å². The lowest BCUT2D eigenvalue weighted by Crippen LogP contribution is -1.90. The van der Waals surface area contributed by atoms with Crippen molar-refractivity contribution in [2.24, 2.45) is 0 Å². The van der Waals surface area contributed by atoms with Gasteiger partial charge in [-0.3, -0.25) is 0 Å². The Labute approximate surface area is 75.6 Å². The standard InChI is InChI=1S/C12H17/c1-4-6-11-7-5-8-12(9-11)10(2)3/h5,8-10H,4,6H2,1-3H3. The predicted molar refractivity (Wildman–Crippen MR) is 53.4 cm³/mol. The molecule has 0 heterocycles. The minimum atomic E-state index is 0.634. The molecule has 0 N–H and O–H groups in total. The number of hydrogen-bond acceptors (Lipinski definition) is 0. The highest BCUT2D eigenvalue weighted by molar-refractivity contribution is 5.24. The molecule has 65 valence electrons. The van der Waals surface area contributed by atoms with E-state index >= 15 is 0 Å². The molecule has 0 bridgehead atoms. The largest absolute Gasteiger partial charge is 0.0651 e. The Balaban J connectivity index is 2.81. The smallest absolute Gasteiger partial charge is 0.0149 e. The number of rotatable bonds is 3. The van der Waals surface area contributed by atoms with Gasteiger partial charge in [0.15, 0.2) is 0 Å². The van der Waals surface area contributed by atoms with Gasteiger partial charge in [0.1, 0.15) is 0 Å². The summed E-state index contributed by atoms with van der Waals surface area (Å²) in [4.78, 5) is 0. The molecule has 0 aliphatic rings. The number of aryl methyl sites for hydroxylation is 1. The average molecular weight is 161 g/mol. The highest BCUT2D eigenvalue weighted by Crippen LogP contribution is 2.15. The van der Waals surface area contributed by atoms with Crippen LogP contribution in [0.3, 0.4) is 0 Å². The predicted octanol–water partition coefficient (Wildman–Crippen LogP) is 3.56. The van der Waals surface area contributed by atoms with Crippen LogP contribution in [0.4, 0.5) is 0 Å². The zero-order valence-corrected chi connectivity index (χ0v) is 8.22. The molecule has 0 saturated heterocycles. The van der Waals surface area contributed by atoms with Crippen LogP contribution in [0.15, 0.2) is 18.2 Å². The molecular formula is C12H17. The van der Waals surface area contributed by atoms with Crippen molar-refractivity contribution in [2.45, 2.75) is 39.5 Å². The van der Waals surface area contributed by atoms with Crippen molar-refractivity contribution in [1.82, 2.24) is 0 Å². The molecule has 0 amide bonds. The van der Waals surface area contributed by atoms with E-state index in [1.54, 1.807) is 0 Å². The molecule has 0 aliphatic carbocycles. The van der Waals surface area contributed by atoms with E-state index in [1.807, 2.05) is 6.07 Å². The third-order valence-corrected chi connectivity index (χ3v) is 2.07. The Morgan fingerprint density at radius 1 is 1.42 bits per heavy atom. The van der Waals surface area contributed by atoms with Gasteiger partial charge in [-0.05, 0) is 29.5 Å². The highest BCUT2D eigenvalue weighted by Gasteiger charge is 1.99. The normalized spacial score (nSPS) is 10.7. The zero-order valence-electron chi connectivity index (χ0n) is 8.22. The summed E-state index contributed by atoms with van der Waals surface area (Å²) in [5.74, 6) is 0.634. The molecule has 0 atom stereocenters. The van der Waals surface area contributed by atoms with Crippen LogP contribution in [0, 0.1) is 6.07 Å². The first-order valence-corrected chi connectivity index (χ1v) is 4.74. The van der Waals surface area contributed by atoms with Crippen LogP contribution in [0.1, 0.15) is 44.2 Å². The Morgan fingerprint density at radius 2 is 2.17 bits per heavy atom. The van der Waals surface area contributed by atoms with Crippen LogP contribution in [0.5, 0.6) is 0 Å². The van der Waals surface area contributed by atoms with Crippen LogP contribution in [-0.4, -0.2) is 0 Å². The van der Waals surface area contributed by atoms with Crippen LogP contribution in [0.25, 0.3) is 0 Å². The van der Waals surface area contributed by atoms with Gasteiger partial charge in [0.25, 0.3) is 0 Å². The number of hydrogen-bond donors (Lipinski definition) is 0. The maximum atomic E-state index is 3.26. The van der Waals surface area contributed by atoms with E-state index in [9.17, 15) is 0 Å². The molecular weight excluding hydrogens is 144 g/mol. The Morgan fingerprint density at radius 3 is 2.75 bits per heavy atom. The van der Waals surface area contributed by atoms with E-state index in [4.69, 9.17) is 0 Å². The van der Waals surface area contributed by atoms with Crippen molar-refractivity contribution in [3.05, 3.63) is 35.4 Å². The van der Waals surface area contributed by atoms with Crippen LogP contribution in [0.2, 0.25) is 0 Å². The molecule has 0 heteroatoms. The van der Waals surface area contributed by atoms with Crippen LogP contribution < -0.4 is 0 Å². The second-order valence-electron chi connectivity index (χ2n) is 3.55. The second-order valence-corrected chi connectivity index (χ2v) is 3.55. The minimum absolute atomic E-state index is 0.634. The van der Waals surface area contributed by atoms with E-state index in [0.717, 1.165) is 6.42 Å². The van der Waals surface area contributed by atoms with E-state index in [2.05, 4.69) is 39.0 Å². The molecule has 0 unspecified atom stereocenters. The van der Waals surface area contributed by atoms with Gasteiger partial charge in [0.05, 0.1) is 0 Å². The second kappa shape index (κ2) is 4.30. The molecule has 1 rings (SSSR count). The Bertz CT molecular complexity index is 236. The topological polar surface area (TPSA) is 0 Å². The zero-order chi connectivity index (χ0) is 8.97. The maximum absolute atomic E-state index is 3.26. The first kappa shape index (κ1) is 9.31. The molecule has 1 aromatic rings.